The number of esters is 2. The molecule has 6 heteroatoms. The highest BCUT2D eigenvalue weighted by atomic mass is 16.6. The minimum Gasteiger partial charge on any atom is -0.459 e. The Bertz CT molecular complexity index is 1100. The number of aromatic nitrogens is 1. The van der Waals surface area contributed by atoms with Crippen molar-refractivity contribution in [3.63, 3.8) is 0 Å². The number of hydrogen-bond acceptors (Lipinski definition) is 5. The number of fused-ring (bicyclic) bond motifs is 3. The highest BCUT2D eigenvalue weighted by molar-refractivity contribution is 6.10. The van der Waals surface area contributed by atoms with Crippen molar-refractivity contribution in [1.82, 2.24) is 4.57 Å². The number of ether oxygens (including phenoxy) is 2. The summed E-state index contributed by atoms with van der Waals surface area (Å²) in [6.45, 7) is 8.78. The predicted octanol–water partition coefficient (Wildman–Crippen LogP) is 4.40. The van der Waals surface area contributed by atoms with Crippen molar-refractivity contribution < 1.29 is 24.2 Å². The second-order valence-corrected chi connectivity index (χ2v) is 7.51. The SMILES string of the molecule is C=C(C)C(=O)OCC(O)COC(=O)c1ccc2c(c1)c1ccccc1n2C(C)CC. The average Bonchev–Trinajstić information content (AvgIpc) is 3.08. The number of hydrogen-bond donors (Lipinski definition) is 1. The number of aliphatic hydroxyl groups excluding tert-OH is 1. The number of carbonyl (C=O) groups excluding carboxylic acids is 2. The van der Waals surface area contributed by atoms with Crippen LogP contribution in [0, 0.1) is 0 Å². The molecule has 0 saturated carbocycles. The molecule has 2 atom stereocenters. The van der Waals surface area contributed by atoms with Gasteiger partial charge < -0.3 is 19.1 Å². The molecule has 0 aliphatic rings. The summed E-state index contributed by atoms with van der Waals surface area (Å²) >= 11 is 0. The second-order valence-electron chi connectivity index (χ2n) is 7.51. The Morgan fingerprint density at radius 3 is 2.43 bits per heavy atom. The highest BCUT2D eigenvalue weighted by Crippen LogP contribution is 2.33. The van der Waals surface area contributed by atoms with Gasteiger partial charge in [0.05, 0.1) is 5.56 Å². The van der Waals surface area contributed by atoms with E-state index in [0.717, 1.165) is 28.2 Å². The molecule has 1 N–H and O–H groups in total. The number of carbonyl (C=O) groups is 2. The van der Waals surface area contributed by atoms with Crippen molar-refractivity contribution in [2.24, 2.45) is 0 Å². The van der Waals surface area contributed by atoms with Gasteiger partial charge in [-0.2, -0.15) is 0 Å². The zero-order chi connectivity index (χ0) is 21.8. The van der Waals surface area contributed by atoms with Crippen molar-refractivity contribution in [2.75, 3.05) is 13.2 Å². The van der Waals surface area contributed by atoms with Gasteiger partial charge >= 0.3 is 11.9 Å². The topological polar surface area (TPSA) is 77.8 Å². The van der Waals surface area contributed by atoms with E-state index in [1.165, 1.54) is 6.92 Å². The van der Waals surface area contributed by atoms with Crippen LogP contribution in [-0.4, -0.2) is 40.9 Å². The molecule has 3 rings (SSSR count). The molecule has 1 aromatic heterocycles. The fourth-order valence-electron chi connectivity index (χ4n) is 3.39. The smallest absolute Gasteiger partial charge is 0.338 e. The number of para-hydroxylation sites is 1. The molecule has 0 aliphatic carbocycles. The van der Waals surface area contributed by atoms with E-state index in [9.17, 15) is 14.7 Å². The van der Waals surface area contributed by atoms with Crippen molar-refractivity contribution in [1.29, 1.82) is 0 Å². The van der Waals surface area contributed by atoms with Gasteiger partial charge in [-0.3, -0.25) is 0 Å². The van der Waals surface area contributed by atoms with E-state index >= 15 is 0 Å². The van der Waals surface area contributed by atoms with Gasteiger partial charge in [-0.15, -0.1) is 0 Å². The van der Waals surface area contributed by atoms with E-state index in [-0.39, 0.29) is 18.8 Å². The number of rotatable bonds is 8. The number of nitrogens with zero attached hydrogens (tertiary/aromatic N) is 1. The maximum atomic E-state index is 12.5. The zero-order valence-electron chi connectivity index (χ0n) is 17.6. The van der Waals surface area contributed by atoms with Gasteiger partial charge in [0.1, 0.15) is 19.3 Å². The van der Waals surface area contributed by atoms with E-state index in [4.69, 9.17) is 9.47 Å². The number of aliphatic hydroxyl groups is 1. The summed E-state index contributed by atoms with van der Waals surface area (Å²) in [7, 11) is 0. The number of benzene rings is 2. The van der Waals surface area contributed by atoms with Gasteiger partial charge in [0.25, 0.3) is 0 Å². The Kier molecular flexibility index (Phi) is 6.57. The lowest BCUT2D eigenvalue weighted by molar-refractivity contribution is -0.142. The molecule has 2 unspecified atom stereocenters. The van der Waals surface area contributed by atoms with Crippen LogP contribution in [-0.2, 0) is 14.3 Å². The van der Waals surface area contributed by atoms with Crippen LogP contribution < -0.4 is 0 Å². The normalized spacial score (nSPS) is 13.2. The molecule has 158 valence electrons. The maximum Gasteiger partial charge on any atom is 0.338 e. The molecule has 0 amide bonds. The molecule has 1 heterocycles. The van der Waals surface area contributed by atoms with Crippen LogP contribution in [0.4, 0.5) is 0 Å². The van der Waals surface area contributed by atoms with Gasteiger partial charge in [-0.05, 0) is 44.5 Å². The Morgan fingerprint density at radius 2 is 1.73 bits per heavy atom. The Morgan fingerprint density at radius 1 is 1.07 bits per heavy atom. The molecule has 30 heavy (non-hydrogen) atoms. The van der Waals surface area contributed by atoms with Crippen LogP contribution in [0.2, 0.25) is 0 Å². The lowest BCUT2D eigenvalue weighted by atomic mass is 10.1. The van der Waals surface area contributed by atoms with Crippen molar-refractivity contribution in [3.05, 3.63) is 60.2 Å². The molecule has 0 fully saturated rings. The second kappa shape index (κ2) is 9.13. The molecule has 0 spiro atoms. The van der Waals surface area contributed by atoms with Crippen molar-refractivity contribution >= 4 is 33.7 Å². The molecule has 0 radical (unpaired) electrons. The van der Waals surface area contributed by atoms with Gasteiger partial charge in [0.15, 0.2) is 0 Å². The summed E-state index contributed by atoms with van der Waals surface area (Å²) in [6.07, 6.45) is -0.112. The van der Waals surface area contributed by atoms with Gasteiger partial charge in [0.2, 0.25) is 0 Å². The van der Waals surface area contributed by atoms with E-state index < -0.39 is 18.0 Å². The standard InChI is InChI=1S/C24H27NO5/c1-5-16(4)25-21-9-7-6-8-19(21)20-12-17(10-11-22(20)25)24(28)30-14-18(26)13-29-23(27)15(2)3/h6-12,16,18,26H,2,5,13-14H2,1,3-4H3. The van der Waals surface area contributed by atoms with Gasteiger partial charge in [-0.1, -0.05) is 31.7 Å². The van der Waals surface area contributed by atoms with Crippen LogP contribution in [0.3, 0.4) is 0 Å². The Balaban J connectivity index is 1.78. The maximum absolute atomic E-state index is 12.5. The molecule has 0 saturated heterocycles. The molecule has 6 nitrogen and oxygen atoms in total. The zero-order valence-corrected chi connectivity index (χ0v) is 17.6. The third-order valence-corrected chi connectivity index (χ3v) is 5.14. The van der Waals surface area contributed by atoms with Gasteiger partial charge in [0, 0.05) is 33.4 Å². The molecule has 3 aromatic rings. The van der Waals surface area contributed by atoms with E-state index in [1.807, 2.05) is 30.3 Å². The van der Waals surface area contributed by atoms with Crippen molar-refractivity contribution in [2.45, 2.75) is 39.3 Å². The van der Waals surface area contributed by atoms with Crippen molar-refractivity contribution in [3.8, 4) is 0 Å². The average molecular weight is 409 g/mol. The lowest BCUT2D eigenvalue weighted by Crippen LogP contribution is -2.25. The van der Waals surface area contributed by atoms with E-state index in [1.54, 1.807) is 6.07 Å². The van der Waals surface area contributed by atoms with Crippen LogP contribution in [0.1, 0.15) is 43.6 Å². The summed E-state index contributed by atoms with van der Waals surface area (Å²) < 4.78 is 12.4. The summed E-state index contributed by atoms with van der Waals surface area (Å²) in [4.78, 5) is 23.9. The summed E-state index contributed by atoms with van der Waals surface area (Å²) in [6, 6.07) is 13.9. The Hall–Kier alpha value is -3.12. The lowest BCUT2D eigenvalue weighted by Gasteiger charge is -2.15. The summed E-state index contributed by atoms with van der Waals surface area (Å²) in [5, 5.41) is 12.0. The third kappa shape index (κ3) is 4.39. The van der Waals surface area contributed by atoms with Crippen LogP contribution in [0.25, 0.3) is 21.8 Å². The van der Waals surface area contributed by atoms with E-state index in [0.29, 0.717) is 11.6 Å². The highest BCUT2D eigenvalue weighted by Gasteiger charge is 2.18. The quantitative estimate of drug-likeness (QED) is 0.441. The first-order valence-corrected chi connectivity index (χ1v) is 10.0. The van der Waals surface area contributed by atoms with Crippen LogP contribution >= 0.6 is 0 Å². The first kappa shape index (κ1) is 21.6. The van der Waals surface area contributed by atoms with E-state index in [2.05, 4.69) is 31.1 Å². The molecular formula is C24H27NO5. The first-order chi connectivity index (χ1) is 14.3. The summed E-state index contributed by atoms with van der Waals surface area (Å²) in [5.41, 5.74) is 2.83. The predicted molar refractivity (Wildman–Crippen MR) is 117 cm³/mol. The fraction of sp³-hybridized carbons (Fsp3) is 0.333. The molecule has 0 bridgehead atoms. The first-order valence-electron chi connectivity index (χ1n) is 10.0. The monoisotopic (exact) mass is 409 g/mol. The molecule has 0 aliphatic heterocycles. The third-order valence-electron chi connectivity index (χ3n) is 5.14. The summed E-state index contributed by atoms with van der Waals surface area (Å²) in [5.74, 6) is -1.13. The van der Waals surface area contributed by atoms with Crippen LogP contribution in [0.15, 0.2) is 54.6 Å². The largest absolute Gasteiger partial charge is 0.459 e. The minimum absolute atomic E-state index is 0.240. The van der Waals surface area contributed by atoms with Gasteiger partial charge in [-0.25, -0.2) is 9.59 Å². The van der Waals surface area contributed by atoms with Crippen LogP contribution in [0.5, 0.6) is 0 Å². The Labute approximate surface area is 175 Å². The molecule has 2 aromatic carbocycles. The fourth-order valence-corrected chi connectivity index (χ4v) is 3.39. The molecular weight excluding hydrogens is 382 g/mol. The minimum atomic E-state index is -1.10.